The molecule has 0 saturated carbocycles. The minimum Gasteiger partial charge on any atom is -0.464 e. The van der Waals surface area contributed by atoms with Gasteiger partial charge in [0.15, 0.2) is 5.78 Å². The zero-order valence-corrected chi connectivity index (χ0v) is 13.5. The quantitative estimate of drug-likeness (QED) is 0.753. The maximum atomic E-state index is 12.1. The standard InChI is InChI=1S/C16H9BrN2O4/c1-23-16(22)12-4-2-3-10(18-12)11-6-5-8-13(20)7-9(17)15(21)14(8)19-11/h2-7H,1H3. The number of halogens is 1. The van der Waals surface area contributed by atoms with Crippen molar-refractivity contribution in [3.05, 3.63) is 57.8 Å². The first-order chi connectivity index (χ1) is 11.0. The van der Waals surface area contributed by atoms with Crippen LogP contribution in [-0.2, 0) is 4.74 Å². The lowest BCUT2D eigenvalue weighted by Gasteiger charge is -2.12. The molecule has 6 nitrogen and oxygen atoms in total. The van der Waals surface area contributed by atoms with Crippen molar-refractivity contribution in [1.82, 2.24) is 9.97 Å². The first-order valence-corrected chi connectivity index (χ1v) is 7.33. The highest BCUT2D eigenvalue weighted by Gasteiger charge is 2.26. The summed E-state index contributed by atoms with van der Waals surface area (Å²) in [5, 5.41) is 0. The Kier molecular flexibility index (Phi) is 3.87. The molecule has 0 unspecified atom stereocenters. The average molecular weight is 373 g/mol. The van der Waals surface area contributed by atoms with Crippen LogP contribution in [0, 0.1) is 0 Å². The highest BCUT2D eigenvalue weighted by Crippen LogP contribution is 2.26. The van der Waals surface area contributed by atoms with Crippen molar-refractivity contribution in [2.45, 2.75) is 0 Å². The third-order valence-corrected chi connectivity index (χ3v) is 3.85. The normalized spacial score (nSPS) is 13.4. The van der Waals surface area contributed by atoms with E-state index in [1.807, 2.05) is 0 Å². The molecule has 114 valence electrons. The molecule has 0 spiro atoms. The molecule has 0 aromatic carbocycles. The van der Waals surface area contributed by atoms with Crippen LogP contribution in [0.4, 0.5) is 0 Å². The largest absolute Gasteiger partial charge is 0.464 e. The number of Topliss-reactive ketones (excluding diaryl/α,β-unsaturated/α-hetero) is 1. The van der Waals surface area contributed by atoms with E-state index in [0.717, 1.165) is 0 Å². The lowest BCUT2D eigenvalue weighted by atomic mass is 9.99. The molecule has 2 heterocycles. The molecule has 0 fully saturated rings. The Hall–Kier alpha value is -2.67. The Morgan fingerprint density at radius 2 is 1.83 bits per heavy atom. The third kappa shape index (κ3) is 2.70. The topological polar surface area (TPSA) is 86.2 Å². The number of carbonyl (C=O) groups excluding carboxylic acids is 3. The van der Waals surface area contributed by atoms with Crippen LogP contribution in [0.3, 0.4) is 0 Å². The van der Waals surface area contributed by atoms with Gasteiger partial charge >= 0.3 is 5.97 Å². The van der Waals surface area contributed by atoms with Gasteiger partial charge in [0.1, 0.15) is 11.4 Å². The Bertz CT molecular complexity index is 889. The highest BCUT2D eigenvalue weighted by molar-refractivity contribution is 9.12. The molecule has 0 amide bonds. The first kappa shape index (κ1) is 15.2. The molecule has 7 heteroatoms. The van der Waals surface area contributed by atoms with Gasteiger partial charge in [-0.2, -0.15) is 0 Å². The number of nitrogens with zero attached hydrogens (tertiary/aromatic N) is 2. The molecule has 3 rings (SSSR count). The molecule has 2 aromatic heterocycles. The van der Waals surface area contributed by atoms with Gasteiger partial charge in [-0.05, 0) is 40.2 Å². The average Bonchev–Trinajstić information content (AvgIpc) is 2.58. The maximum Gasteiger partial charge on any atom is 0.356 e. The van der Waals surface area contributed by atoms with Gasteiger partial charge in [-0.25, -0.2) is 14.8 Å². The van der Waals surface area contributed by atoms with Crippen molar-refractivity contribution >= 4 is 33.5 Å². The van der Waals surface area contributed by atoms with Crippen molar-refractivity contribution in [3.8, 4) is 11.4 Å². The number of rotatable bonds is 2. The van der Waals surface area contributed by atoms with Crippen LogP contribution in [-0.4, -0.2) is 34.6 Å². The van der Waals surface area contributed by atoms with Crippen molar-refractivity contribution < 1.29 is 19.1 Å². The molecule has 1 aliphatic rings. The summed E-state index contributed by atoms with van der Waals surface area (Å²) in [7, 11) is 1.27. The number of carbonyl (C=O) groups is 3. The summed E-state index contributed by atoms with van der Waals surface area (Å²) in [6.07, 6.45) is 1.22. The van der Waals surface area contributed by atoms with Crippen molar-refractivity contribution in [2.24, 2.45) is 0 Å². The SMILES string of the molecule is COC(=O)c1cccc(-c2ccc3c(n2)C(=O)C(Br)=CC3=O)n1. The van der Waals surface area contributed by atoms with Gasteiger partial charge in [0.05, 0.1) is 28.5 Å². The molecule has 0 N–H and O–H groups in total. The fourth-order valence-electron chi connectivity index (χ4n) is 2.14. The summed E-state index contributed by atoms with van der Waals surface area (Å²) < 4.78 is 4.79. The van der Waals surface area contributed by atoms with E-state index >= 15 is 0 Å². The fourth-order valence-corrected chi connectivity index (χ4v) is 2.54. The number of ether oxygens (including phenoxy) is 1. The molecule has 0 saturated heterocycles. The molecule has 0 radical (unpaired) electrons. The second kappa shape index (κ2) is 5.85. The van der Waals surface area contributed by atoms with Gasteiger partial charge in [-0.15, -0.1) is 0 Å². The lowest BCUT2D eigenvalue weighted by Crippen LogP contribution is -2.16. The van der Waals surface area contributed by atoms with Crippen molar-refractivity contribution in [2.75, 3.05) is 7.11 Å². The van der Waals surface area contributed by atoms with E-state index < -0.39 is 5.97 Å². The van der Waals surface area contributed by atoms with Crippen LogP contribution in [0.25, 0.3) is 11.4 Å². The number of allylic oxidation sites excluding steroid dienone is 2. The second-order valence-corrected chi connectivity index (χ2v) is 5.53. The summed E-state index contributed by atoms with van der Waals surface area (Å²) in [5.74, 6) is -1.23. The van der Waals surface area contributed by atoms with E-state index in [4.69, 9.17) is 0 Å². The molecule has 2 aromatic rings. The minimum atomic E-state index is -0.568. The van der Waals surface area contributed by atoms with Crippen LogP contribution in [0.2, 0.25) is 0 Å². The molecule has 0 bridgehead atoms. The van der Waals surface area contributed by atoms with Gasteiger partial charge in [0, 0.05) is 6.08 Å². The number of hydrogen-bond acceptors (Lipinski definition) is 6. The lowest BCUT2D eigenvalue weighted by molar-refractivity contribution is 0.0594. The molecule has 1 aliphatic carbocycles. The zero-order valence-electron chi connectivity index (χ0n) is 11.9. The summed E-state index contributed by atoms with van der Waals surface area (Å²) >= 11 is 3.06. The predicted octanol–water partition coefficient (Wildman–Crippen LogP) is 2.59. The van der Waals surface area contributed by atoms with Crippen molar-refractivity contribution in [3.63, 3.8) is 0 Å². The van der Waals surface area contributed by atoms with Crippen molar-refractivity contribution in [1.29, 1.82) is 0 Å². The smallest absolute Gasteiger partial charge is 0.356 e. The van der Waals surface area contributed by atoms with E-state index in [1.54, 1.807) is 18.2 Å². The predicted molar refractivity (Wildman–Crippen MR) is 84.5 cm³/mol. The summed E-state index contributed by atoms with van der Waals surface area (Å²) in [6.45, 7) is 0. The summed E-state index contributed by atoms with van der Waals surface area (Å²) in [6, 6.07) is 7.92. The third-order valence-electron chi connectivity index (χ3n) is 3.26. The monoisotopic (exact) mass is 372 g/mol. The van der Waals surface area contributed by atoms with E-state index in [2.05, 4.69) is 30.6 Å². The highest BCUT2D eigenvalue weighted by atomic mass is 79.9. The Morgan fingerprint density at radius 1 is 1.09 bits per heavy atom. The van der Waals surface area contributed by atoms with Crippen LogP contribution in [0.5, 0.6) is 0 Å². The second-order valence-electron chi connectivity index (χ2n) is 4.68. The van der Waals surface area contributed by atoms with Gasteiger partial charge in [-0.3, -0.25) is 9.59 Å². The van der Waals surface area contributed by atoms with Crippen LogP contribution < -0.4 is 0 Å². The number of fused-ring (bicyclic) bond motifs is 1. The number of aromatic nitrogens is 2. The summed E-state index contributed by atoms with van der Waals surface area (Å²) in [4.78, 5) is 44.0. The fraction of sp³-hybridized carbons (Fsp3) is 0.0625. The number of methoxy groups -OCH3 is 1. The van der Waals surface area contributed by atoms with Crippen LogP contribution in [0.1, 0.15) is 31.3 Å². The van der Waals surface area contributed by atoms with E-state index in [9.17, 15) is 14.4 Å². The maximum absolute atomic E-state index is 12.1. The van der Waals surface area contributed by atoms with Crippen LogP contribution >= 0.6 is 15.9 Å². The zero-order chi connectivity index (χ0) is 16.6. The van der Waals surface area contributed by atoms with Gasteiger partial charge < -0.3 is 4.74 Å². The number of esters is 1. The molecule has 0 atom stereocenters. The Labute approximate surface area is 139 Å². The Balaban J connectivity index is 2.09. The number of pyridine rings is 2. The molecular formula is C16H9BrN2O4. The van der Waals surface area contributed by atoms with E-state index in [-0.39, 0.29) is 33.0 Å². The van der Waals surface area contributed by atoms with Gasteiger partial charge in [-0.1, -0.05) is 6.07 Å². The Morgan fingerprint density at radius 3 is 2.57 bits per heavy atom. The van der Waals surface area contributed by atoms with Gasteiger partial charge in [0.25, 0.3) is 0 Å². The number of hydrogen-bond donors (Lipinski definition) is 0. The van der Waals surface area contributed by atoms with E-state index in [1.165, 1.54) is 25.3 Å². The molecule has 0 aliphatic heterocycles. The number of ketones is 2. The van der Waals surface area contributed by atoms with Gasteiger partial charge in [0.2, 0.25) is 5.78 Å². The first-order valence-electron chi connectivity index (χ1n) is 6.54. The van der Waals surface area contributed by atoms with Crippen LogP contribution in [0.15, 0.2) is 40.9 Å². The van der Waals surface area contributed by atoms with E-state index in [0.29, 0.717) is 11.4 Å². The molecule has 23 heavy (non-hydrogen) atoms. The minimum absolute atomic E-state index is 0.0622. The molecular weight excluding hydrogens is 364 g/mol. The summed E-state index contributed by atoms with van der Waals surface area (Å²) in [5.41, 5.74) is 1.23.